The van der Waals surface area contributed by atoms with Gasteiger partial charge in [0.1, 0.15) is 5.75 Å². The number of aromatic nitrogens is 1. The second-order valence-corrected chi connectivity index (χ2v) is 4.22. The number of carbonyl (C=O) groups is 1. The van der Waals surface area contributed by atoms with Gasteiger partial charge in [-0.05, 0) is 30.7 Å². The SMILES string of the molecule is Cc1cc(NC(=O)c2ccncc2)c(O)cc1Cl. The first-order chi connectivity index (χ1) is 8.58. The minimum Gasteiger partial charge on any atom is -0.506 e. The Hall–Kier alpha value is -2.07. The number of anilines is 1. The standard InChI is InChI=1S/C13H11ClN2O2/c1-8-6-11(12(17)7-10(8)14)16-13(18)9-2-4-15-5-3-9/h2-7,17H,1H3,(H,16,18). The average Bonchev–Trinajstić information content (AvgIpc) is 2.37. The van der Waals surface area contributed by atoms with Crippen LogP contribution in [0.25, 0.3) is 0 Å². The fourth-order valence-corrected chi connectivity index (χ4v) is 1.63. The van der Waals surface area contributed by atoms with Gasteiger partial charge in [-0.25, -0.2) is 0 Å². The number of hydrogen-bond acceptors (Lipinski definition) is 3. The van der Waals surface area contributed by atoms with E-state index in [-0.39, 0.29) is 11.7 Å². The van der Waals surface area contributed by atoms with Crippen LogP contribution in [-0.2, 0) is 0 Å². The number of benzene rings is 1. The van der Waals surface area contributed by atoms with Crippen LogP contribution in [0.15, 0.2) is 36.7 Å². The van der Waals surface area contributed by atoms with Crippen molar-refractivity contribution in [3.63, 3.8) is 0 Å². The summed E-state index contributed by atoms with van der Waals surface area (Å²) >= 11 is 5.86. The topological polar surface area (TPSA) is 62.2 Å². The number of phenols is 1. The number of rotatable bonds is 2. The van der Waals surface area contributed by atoms with Crippen molar-refractivity contribution in [3.05, 3.63) is 52.8 Å². The van der Waals surface area contributed by atoms with Gasteiger partial charge in [-0.1, -0.05) is 11.6 Å². The van der Waals surface area contributed by atoms with Crippen molar-refractivity contribution in [2.75, 3.05) is 5.32 Å². The van der Waals surface area contributed by atoms with E-state index in [2.05, 4.69) is 10.3 Å². The van der Waals surface area contributed by atoms with Crippen LogP contribution in [-0.4, -0.2) is 16.0 Å². The molecule has 92 valence electrons. The normalized spacial score (nSPS) is 10.1. The van der Waals surface area contributed by atoms with Crippen LogP contribution in [0.5, 0.6) is 5.75 Å². The Labute approximate surface area is 109 Å². The minimum absolute atomic E-state index is 0.0620. The molecule has 0 saturated heterocycles. The zero-order chi connectivity index (χ0) is 13.1. The first-order valence-corrected chi connectivity index (χ1v) is 5.66. The third-order valence-corrected chi connectivity index (χ3v) is 2.87. The lowest BCUT2D eigenvalue weighted by Crippen LogP contribution is -2.12. The molecule has 0 saturated carbocycles. The summed E-state index contributed by atoms with van der Waals surface area (Å²) in [6, 6.07) is 6.21. The second-order valence-electron chi connectivity index (χ2n) is 3.81. The van der Waals surface area contributed by atoms with Crippen LogP contribution in [0.2, 0.25) is 5.02 Å². The summed E-state index contributed by atoms with van der Waals surface area (Å²) in [7, 11) is 0. The number of carbonyl (C=O) groups excluding carboxylic acids is 1. The molecule has 1 aromatic carbocycles. The molecule has 0 aliphatic heterocycles. The number of pyridine rings is 1. The fraction of sp³-hybridized carbons (Fsp3) is 0.0769. The third kappa shape index (κ3) is 2.60. The van der Waals surface area contributed by atoms with Crippen molar-refractivity contribution in [2.24, 2.45) is 0 Å². The number of aryl methyl sites for hydroxylation is 1. The van der Waals surface area contributed by atoms with Crippen molar-refractivity contribution >= 4 is 23.2 Å². The molecule has 2 N–H and O–H groups in total. The predicted octanol–water partition coefficient (Wildman–Crippen LogP) is 3.00. The van der Waals surface area contributed by atoms with Crippen molar-refractivity contribution in [1.29, 1.82) is 0 Å². The largest absolute Gasteiger partial charge is 0.506 e. The Morgan fingerprint density at radius 3 is 2.67 bits per heavy atom. The molecular formula is C13H11ClN2O2. The molecule has 4 nitrogen and oxygen atoms in total. The van der Waals surface area contributed by atoms with Gasteiger partial charge >= 0.3 is 0 Å². The number of nitrogens with one attached hydrogen (secondary N) is 1. The fourth-order valence-electron chi connectivity index (χ4n) is 1.47. The van der Waals surface area contributed by atoms with E-state index in [1.807, 2.05) is 0 Å². The molecule has 0 unspecified atom stereocenters. The molecule has 0 fully saturated rings. The van der Waals surface area contributed by atoms with Gasteiger partial charge in [0, 0.05) is 29.0 Å². The maximum absolute atomic E-state index is 11.9. The number of phenolic OH excluding ortho intramolecular Hbond substituents is 1. The zero-order valence-electron chi connectivity index (χ0n) is 9.64. The summed E-state index contributed by atoms with van der Waals surface area (Å²) < 4.78 is 0. The lowest BCUT2D eigenvalue weighted by molar-refractivity contribution is 0.102. The Bertz CT molecular complexity index is 585. The van der Waals surface area contributed by atoms with E-state index in [9.17, 15) is 9.90 Å². The van der Waals surface area contributed by atoms with Gasteiger partial charge in [0.25, 0.3) is 5.91 Å². The van der Waals surface area contributed by atoms with Gasteiger partial charge in [0.2, 0.25) is 0 Å². The summed E-state index contributed by atoms with van der Waals surface area (Å²) in [6.45, 7) is 1.80. The maximum Gasteiger partial charge on any atom is 0.255 e. The highest BCUT2D eigenvalue weighted by Crippen LogP contribution is 2.30. The van der Waals surface area contributed by atoms with Crippen molar-refractivity contribution in [3.8, 4) is 5.75 Å². The summed E-state index contributed by atoms with van der Waals surface area (Å²) in [4.78, 5) is 15.7. The number of nitrogens with zero attached hydrogens (tertiary/aromatic N) is 1. The Morgan fingerprint density at radius 1 is 1.33 bits per heavy atom. The molecule has 1 amide bonds. The van der Waals surface area contributed by atoms with Crippen LogP contribution < -0.4 is 5.32 Å². The van der Waals surface area contributed by atoms with Crippen LogP contribution in [0.1, 0.15) is 15.9 Å². The molecule has 0 spiro atoms. The lowest BCUT2D eigenvalue weighted by atomic mass is 10.2. The number of halogens is 1. The third-order valence-electron chi connectivity index (χ3n) is 2.47. The van der Waals surface area contributed by atoms with E-state index in [1.165, 1.54) is 18.5 Å². The highest BCUT2D eigenvalue weighted by Gasteiger charge is 2.10. The molecule has 0 aliphatic rings. The van der Waals surface area contributed by atoms with Gasteiger partial charge in [0.05, 0.1) is 5.69 Å². The van der Waals surface area contributed by atoms with Crippen LogP contribution in [0.4, 0.5) is 5.69 Å². The first-order valence-electron chi connectivity index (χ1n) is 5.28. The minimum atomic E-state index is -0.311. The van der Waals surface area contributed by atoms with Crippen molar-refractivity contribution in [1.82, 2.24) is 4.98 Å². The molecule has 2 rings (SSSR count). The summed E-state index contributed by atoms with van der Waals surface area (Å²) in [5, 5.41) is 12.8. The second kappa shape index (κ2) is 5.06. The van der Waals surface area contributed by atoms with Gasteiger partial charge in [0.15, 0.2) is 0 Å². The van der Waals surface area contributed by atoms with E-state index in [4.69, 9.17) is 11.6 Å². The van der Waals surface area contributed by atoms with Gasteiger partial charge in [-0.2, -0.15) is 0 Å². The molecular weight excluding hydrogens is 252 g/mol. The smallest absolute Gasteiger partial charge is 0.255 e. The number of amides is 1. The molecule has 0 bridgehead atoms. The highest BCUT2D eigenvalue weighted by atomic mass is 35.5. The summed E-state index contributed by atoms with van der Waals surface area (Å²) in [5.41, 5.74) is 1.58. The van der Waals surface area contributed by atoms with E-state index in [1.54, 1.807) is 25.1 Å². The quantitative estimate of drug-likeness (QED) is 0.818. The van der Waals surface area contributed by atoms with Crippen LogP contribution >= 0.6 is 11.6 Å². The lowest BCUT2D eigenvalue weighted by Gasteiger charge is -2.09. The Morgan fingerprint density at radius 2 is 2.00 bits per heavy atom. The maximum atomic E-state index is 11.9. The molecule has 1 heterocycles. The number of aromatic hydroxyl groups is 1. The molecule has 0 radical (unpaired) electrons. The van der Waals surface area contributed by atoms with Gasteiger partial charge in [-0.15, -0.1) is 0 Å². The molecule has 0 atom stereocenters. The molecule has 1 aromatic heterocycles. The highest BCUT2D eigenvalue weighted by molar-refractivity contribution is 6.31. The zero-order valence-corrected chi connectivity index (χ0v) is 10.4. The van der Waals surface area contributed by atoms with Crippen molar-refractivity contribution < 1.29 is 9.90 Å². The predicted molar refractivity (Wildman–Crippen MR) is 70.0 cm³/mol. The van der Waals surface area contributed by atoms with E-state index in [0.717, 1.165) is 5.56 Å². The average molecular weight is 263 g/mol. The monoisotopic (exact) mass is 262 g/mol. The summed E-state index contributed by atoms with van der Waals surface area (Å²) in [5.74, 6) is -0.373. The van der Waals surface area contributed by atoms with Gasteiger partial charge in [-0.3, -0.25) is 9.78 Å². The molecule has 0 aliphatic carbocycles. The van der Waals surface area contributed by atoms with Gasteiger partial charge < -0.3 is 10.4 Å². The summed E-state index contributed by atoms with van der Waals surface area (Å²) in [6.07, 6.45) is 3.06. The number of hydrogen-bond donors (Lipinski definition) is 2. The van der Waals surface area contributed by atoms with E-state index in [0.29, 0.717) is 16.3 Å². The van der Waals surface area contributed by atoms with Crippen molar-refractivity contribution in [2.45, 2.75) is 6.92 Å². The molecule has 2 aromatic rings. The van der Waals surface area contributed by atoms with E-state index >= 15 is 0 Å². The Balaban J connectivity index is 2.25. The molecule has 5 heteroatoms. The van der Waals surface area contributed by atoms with E-state index < -0.39 is 0 Å². The van der Waals surface area contributed by atoms with Crippen LogP contribution in [0.3, 0.4) is 0 Å². The molecule has 18 heavy (non-hydrogen) atoms. The van der Waals surface area contributed by atoms with Crippen LogP contribution in [0, 0.1) is 6.92 Å². The Kier molecular flexibility index (Phi) is 3.48. The first kappa shape index (κ1) is 12.4.